The van der Waals surface area contributed by atoms with Crippen molar-refractivity contribution in [1.82, 2.24) is 4.72 Å². The third-order valence-corrected chi connectivity index (χ3v) is 6.40. The molecule has 2 aromatic rings. The molecule has 0 aliphatic rings. The van der Waals surface area contributed by atoms with Crippen LogP contribution in [-0.2, 0) is 15.8 Å². The maximum atomic E-state index is 12.1. The van der Waals surface area contributed by atoms with Crippen molar-refractivity contribution in [3.8, 4) is 0 Å². The molecule has 0 saturated carbocycles. The highest BCUT2D eigenvalue weighted by Gasteiger charge is 2.15. The van der Waals surface area contributed by atoms with Crippen molar-refractivity contribution in [1.29, 1.82) is 0 Å². The molecule has 2 rings (SSSR count). The number of nitro groups is 1. The highest BCUT2D eigenvalue weighted by atomic mass is 35.5. The zero-order valence-electron chi connectivity index (χ0n) is 12.8. The first-order valence-corrected chi connectivity index (χ1v) is 10.4. The number of thioether (sulfide) groups is 1. The number of nitro benzene ring substituents is 1. The van der Waals surface area contributed by atoms with Gasteiger partial charge >= 0.3 is 0 Å². The van der Waals surface area contributed by atoms with E-state index in [0.29, 0.717) is 21.6 Å². The van der Waals surface area contributed by atoms with Crippen LogP contribution in [-0.4, -0.2) is 25.6 Å². The van der Waals surface area contributed by atoms with Crippen molar-refractivity contribution >= 4 is 50.7 Å². The third kappa shape index (κ3) is 5.86. The van der Waals surface area contributed by atoms with Crippen molar-refractivity contribution in [2.75, 3.05) is 12.3 Å². The molecule has 2 aromatic carbocycles. The normalized spacial score (nSPS) is 11.4. The van der Waals surface area contributed by atoms with Crippen LogP contribution in [0.2, 0.25) is 10.0 Å². The summed E-state index contributed by atoms with van der Waals surface area (Å²) in [5.74, 6) is 1.24. The minimum absolute atomic E-state index is 0.00687. The first-order valence-electron chi connectivity index (χ1n) is 7.05. The highest BCUT2D eigenvalue weighted by Crippen LogP contribution is 2.24. The zero-order valence-corrected chi connectivity index (χ0v) is 16.0. The summed E-state index contributed by atoms with van der Waals surface area (Å²) in [5.41, 5.74) is 0.841. The summed E-state index contributed by atoms with van der Waals surface area (Å²) in [6.07, 6.45) is 0. The van der Waals surface area contributed by atoms with E-state index in [4.69, 9.17) is 23.2 Å². The molecule has 6 nitrogen and oxygen atoms in total. The van der Waals surface area contributed by atoms with Gasteiger partial charge in [-0.25, -0.2) is 13.1 Å². The van der Waals surface area contributed by atoms with E-state index in [1.165, 1.54) is 12.1 Å². The van der Waals surface area contributed by atoms with Gasteiger partial charge in [0.15, 0.2) is 0 Å². The average molecular weight is 421 g/mol. The van der Waals surface area contributed by atoms with Gasteiger partial charge in [-0.3, -0.25) is 10.1 Å². The maximum Gasteiger partial charge on any atom is 0.269 e. The van der Waals surface area contributed by atoms with E-state index in [-0.39, 0.29) is 17.1 Å². The van der Waals surface area contributed by atoms with E-state index in [0.717, 1.165) is 17.7 Å². The van der Waals surface area contributed by atoms with Crippen molar-refractivity contribution in [3.05, 3.63) is 68.2 Å². The van der Waals surface area contributed by atoms with Crippen LogP contribution in [0, 0.1) is 10.1 Å². The molecule has 0 aromatic heterocycles. The largest absolute Gasteiger partial charge is 0.269 e. The van der Waals surface area contributed by atoms with Gasteiger partial charge in [-0.05, 0) is 29.8 Å². The van der Waals surface area contributed by atoms with Crippen LogP contribution >= 0.6 is 35.0 Å². The fourth-order valence-corrected chi connectivity index (χ4v) is 4.19. The van der Waals surface area contributed by atoms with Crippen LogP contribution in [0.25, 0.3) is 0 Å². The lowest BCUT2D eigenvalue weighted by molar-refractivity contribution is -0.384. The maximum absolute atomic E-state index is 12.1. The number of hydrogen-bond acceptors (Lipinski definition) is 5. The van der Waals surface area contributed by atoms with E-state index in [2.05, 4.69) is 4.72 Å². The Hall–Kier alpha value is -1.32. The van der Waals surface area contributed by atoms with E-state index in [9.17, 15) is 18.5 Å². The van der Waals surface area contributed by atoms with E-state index in [1.807, 2.05) is 6.07 Å². The number of hydrogen-bond donors (Lipinski definition) is 1. The van der Waals surface area contributed by atoms with Crippen LogP contribution in [0.15, 0.2) is 47.4 Å². The number of nitrogens with zero attached hydrogens (tertiary/aromatic N) is 1. The van der Waals surface area contributed by atoms with Crippen LogP contribution in [0.5, 0.6) is 0 Å². The van der Waals surface area contributed by atoms with Crippen molar-refractivity contribution in [2.24, 2.45) is 0 Å². The Bertz CT molecular complexity index is 858. The Balaban J connectivity index is 1.81. The third-order valence-electron chi connectivity index (χ3n) is 3.15. The number of non-ortho nitro benzene ring substituents is 1. The van der Waals surface area contributed by atoms with E-state index >= 15 is 0 Å². The summed E-state index contributed by atoms with van der Waals surface area (Å²) in [7, 11) is -3.68. The van der Waals surface area contributed by atoms with Crippen molar-refractivity contribution in [2.45, 2.75) is 10.6 Å². The molecule has 0 fully saturated rings. The van der Waals surface area contributed by atoms with Crippen LogP contribution in [0.3, 0.4) is 0 Å². The van der Waals surface area contributed by atoms with Crippen LogP contribution in [0.4, 0.5) is 5.69 Å². The predicted octanol–water partition coefficient (Wildman–Crippen LogP) is 4.11. The second kappa shape index (κ2) is 8.86. The molecule has 1 N–H and O–H groups in total. The van der Waals surface area contributed by atoms with Gasteiger partial charge in [0.1, 0.15) is 0 Å². The number of sulfonamides is 1. The molecule has 0 spiro atoms. The Morgan fingerprint density at radius 3 is 2.36 bits per heavy atom. The molecular weight excluding hydrogens is 407 g/mol. The van der Waals surface area contributed by atoms with Crippen LogP contribution in [0.1, 0.15) is 5.56 Å². The molecule has 25 heavy (non-hydrogen) atoms. The molecule has 0 atom stereocenters. The summed E-state index contributed by atoms with van der Waals surface area (Å²) in [6.45, 7) is 0.241. The molecule has 0 radical (unpaired) electrons. The highest BCUT2D eigenvalue weighted by molar-refractivity contribution is 7.98. The predicted molar refractivity (Wildman–Crippen MR) is 101 cm³/mol. The Morgan fingerprint density at radius 1 is 1.08 bits per heavy atom. The molecule has 0 amide bonds. The molecule has 0 saturated heterocycles. The summed E-state index contributed by atoms with van der Waals surface area (Å²) in [5, 5.41) is 11.6. The van der Waals surface area contributed by atoms with Gasteiger partial charge in [0.05, 0.1) is 19.9 Å². The summed E-state index contributed by atoms with van der Waals surface area (Å²) in [6, 6.07) is 10.1. The van der Waals surface area contributed by atoms with E-state index < -0.39 is 14.9 Å². The fourth-order valence-electron chi connectivity index (χ4n) is 1.90. The standard InChI is InChI=1S/C15H14Cl2N2O4S2/c16-14-6-1-11(9-15(14)17)10-24-8-7-18-25(22,23)13-4-2-12(3-5-13)19(20)21/h1-6,9,18H,7-8,10H2. The summed E-state index contributed by atoms with van der Waals surface area (Å²) >= 11 is 13.3. The lowest BCUT2D eigenvalue weighted by atomic mass is 10.2. The molecular formula is C15H14Cl2N2O4S2. The molecule has 0 unspecified atom stereocenters. The summed E-state index contributed by atoms with van der Waals surface area (Å²) in [4.78, 5) is 10.00. The average Bonchev–Trinajstić information content (AvgIpc) is 2.57. The van der Waals surface area contributed by atoms with Crippen molar-refractivity contribution < 1.29 is 13.3 Å². The summed E-state index contributed by atoms with van der Waals surface area (Å²) < 4.78 is 26.7. The Morgan fingerprint density at radius 2 is 1.76 bits per heavy atom. The molecule has 0 aliphatic heterocycles. The van der Waals surface area contributed by atoms with Gasteiger partial charge in [0, 0.05) is 30.2 Å². The number of nitrogens with one attached hydrogen (secondary N) is 1. The second-order valence-corrected chi connectivity index (χ2v) is 8.64. The molecule has 0 aliphatic carbocycles. The molecule has 0 heterocycles. The fraction of sp³-hybridized carbons (Fsp3) is 0.200. The Labute approximate surface area is 159 Å². The second-order valence-electron chi connectivity index (χ2n) is 4.95. The molecule has 0 bridgehead atoms. The van der Waals surface area contributed by atoms with Gasteiger partial charge in [-0.2, -0.15) is 11.8 Å². The quantitative estimate of drug-likeness (QED) is 0.394. The zero-order chi connectivity index (χ0) is 18.4. The van der Waals surface area contributed by atoms with Gasteiger partial charge in [-0.1, -0.05) is 29.3 Å². The van der Waals surface area contributed by atoms with Crippen LogP contribution < -0.4 is 4.72 Å². The number of halogens is 2. The van der Waals surface area contributed by atoms with Gasteiger partial charge in [-0.15, -0.1) is 0 Å². The first-order chi connectivity index (χ1) is 11.8. The lowest BCUT2D eigenvalue weighted by Gasteiger charge is -2.07. The number of rotatable bonds is 8. The van der Waals surface area contributed by atoms with Gasteiger partial charge < -0.3 is 0 Å². The topological polar surface area (TPSA) is 89.3 Å². The molecule has 134 valence electrons. The van der Waals surface area contributed by atoms with Crippen molar-refractivity contribution in [3.63, 3.8) is 0 Å². The van der Waals surface area contributed by atoms with Gasteiger partial charge in [0.25, 0.3) is 5.69 Å². The first kappa shape index (κ1) is 20.0. The number of benzene rings is 2. The Kier molecular flexibility index (Phi) is 7.09. The minimum atomic E-state index is -3.68. The lowest BCUT2D eigenvalue weighted by Crippen LogP contribution is -2.26. The SMILES string of the molecule is O=[N+]([O-])c1ccc(S(=O)(=O)NCCSCc2ccc(Cl)c(Cl)c2)cc1. The van der Waals surface area contributed by atoms with Gasteiger partial charge in [0.2, 0.25) is 10.0 Å². The monoisotopic (exact) mass is 420 g/mol. The molecule has 10 heteroatoms. The van der Waals surface area contributed by atoms with E-state index in [1.54, 1.807) is 23.9 Å². The smallest absolute Gasteiger partial charge is 0.258 e. The minimum Gasteiger partial charge on any atom is -0.258 e.